The van der Waals surface area contributed by atoms with Crippen molar-refractivity contribution in [2.24, 2.45) is 5.92 Å². The van der Waals surface area contributed by atoms with Crippen LogP contribution in [0.5, 0.6) is 0 Å². The van der Waals surface area contributed by atoms with Crippen LogP contribution in [-0.2, 0) is 6.42 Å². The molecule has 0 aromatic carbocycles. The molecule has 0 saturated carbocycles. The maximum absolute atomic E-state index is 12.3. The zero-order chi connectivity index (χ0) is 15.9. The Kier molecular flexibility index (Phi) is 5.75. The summed E-state index contributed by atoms with van der Waals surface area (Å²) in [7, 11) is 0. The van der Waals surface area contributed by atoms with Gasteiger partial charge in [-0.05, 0) is 42.5 Å². The summed E-state index contributed by atoms with van der Waals surface area (Å²) >= 11 is 0. The molecular formula is C18H25N3O. The number of aromatic amines is 1. The number of H-pyrrole nitrogens is 1. The van der Waals surface area contributed by atoms with Crippen molar-refractivity contribution in [2.45, 2.75) is 40.0 Å². The van der Waals surface area contributed by atoms with E-state index in [9.17, 15) is 4.79 Å². The smallest absolute Gasteiger partial charge is 0.271 e. The van der Waals surface area contributed by atoms with Crippen molar-refractivity contribution < 1.29 is 0 Å². The number of nitrogens with one attached hydrogen (secondary N) is 2. The predicted octanol–water partition coefficient (Wildman–Crippen LogP) is 3.85. The Hall–Kier alpha value is -2.10. The summed E-state index contributed by atoms with van der Waals surface area (Å²) in [5.74, 6) is 0.482. The summed E-state index contributed by atoms with van der Waals surface area (Å²) in [5, 5.41) is 3.25. The third-order valence-corrected chi connectivity index (χ3v) is 3.57. The van der Waals surface area contributed by atoms with Crippen LogP contribution < -0.4 is 10.9 Å². The molecule has 0 amide bonds. The van der Waals surface area contributed by atoms with Gasteiger partial charge in [0.15, 0.2) is 0 Å². The molecule has 0 unspecified atom stereocenters. The molecule has 0 aliphatic heterocycles. The van der Waals surface area contributed by atoms with Crippen molar-refractivity contribution in [2.75, 3.05) is 11.9 Å². The van der Waals surface area contributed by atoms with Crippen molar-refractivity contribution in [3.63, 3.8) is 0 Å². The van der Waals surface area contributed by atoms with Crippen LogP contribution in [-0.4, -0.2) is 16.5 Å². The lowest BCUT2D eigenvalue weighted by molar-refractivity contribution is 0.635. The summed E-state index contributed by atoms with van der Waals surface area (Å²) in [6.45, 7) is 7.27. The second-order valence-electron chi connectivity index (χ2n) is 6.02. The van der Waals surface area contributed by atoms with Crippen LogP contribution in [0.15, 0.2) is 35.4 Å². The Morgan fingerprint density at radius 3 is 2.64 bits per heavy atom. The van der Waals surface area contributed by atoms with E-state index in [-0.39, 0.29) is 5.56 Å². The van der Waals surface area contributed by atoms with Crippen LogP contribution >= 0.6 is 0 Å². The standard InChI is InChI=1S/C18H25N3O/c1-4-5-8-20-17-12-15(14-6-9-19-10-7-14)16(11-13(2)3)21-18(17)22/h6-7,9-10,12-13,20H,4-5,8,11H2,1-3H3,(H,21,22). The van der Waals surface area contributed by atoms with Crippen LogP contribution in [0.4, 0.5) is 5.69 Å². The molecule has 2 N–H and O–H groups in total. The van der Waals surface area contributed by atoms with Crippen molar-refractivity contribution in [3.8, 4) is 11.1 Å². The highest BCUT2D eigenvalue weighted by atomic mass is 16.1. The summed E-state index contributed by atoms with van der Waals surface area (Å²) in [5.41, 5.74) is 3.76. The third kappa shape index (κ3) is 4.20. The van der Waals surface area contributed by atoms with Crippen molar-refractivity contribution in [3.05, 3.63) is 46.6 Å². The van der Waals surface area contributed by atoms with Crippen LogP contribution in [0.3, 0.4) is 0 Å². The Morgan fingerprint density at radius 1 is 1.27 bits per heavy atom. The fourth-order valence-corrected chi connectivity index (χ4v) is 2.46. The van der Waals surface area contributed by atoms with E-state index in [2.05, 4.69) is 36.1 Å². The number of anilines is 1. The first-order chi connectivity index (χ1) is 10.6. The Balaban J connectivity index is 2.42. The fraction of sp³-hybridized carbons (Fsp3) is 0.444. The Morgan fingerprint density at radius 2 is 2.00 bits per heavy atom. The average molecular weight is 299 g/mol. The van der Waals surface area contributed by atoms with E-state index in [0.717, 1.165) is 42.6 Å². The highest BCUT2D eigenvalue weighted by Crippen LogP contribution is 2.25. The molecule has 118 valence electrons. The highest BCUT2D eigenvalue weighted by Gasteiger charge is 2.11. The molecule has 0 spiro atoms. The van der Waals surface area contributed by atoms with E-state index in [0.29, 0.717) is 11.6 Å². The lowest BCUT2D eigenvalue weighted by atomic mass is 9.98. The number of nitrogens with zero attached hydrogens (tertiary/aromatic N) is 1. The molecule has 2 aromatic heterocycles. The van der Waals surface area contributed by atoms with Crippen LogP contribution in [0.25, 0.3) is 11.1 Å². The SMILES string of the molecule is CCCCNc1cc(-c2ccncc2)c(CC(C)C)[nH]c1=O. The van der Waals surface area contributed by atoms with E-state index >= 15 is 0 Å². The number of hydrogen-bond donors (Lipinski definition) is 2. The van der Waals surface area contributed by atoms with Gasteiger partial charge in [0.05, 0.1) is 0 Å². The molecule has 0 radical (unpaired) electrons. The summed E-state index contributed by atoms with van der Waals surface area (Å²) in [6.07, 6.45) is 6.57. The van der Waals surface area contributed by atoms with Gasteiger partial charge in [0.1, 0.15) is 5.69 Å². The van der Waals surface area contributed by atoms with Gasteiger partial charge in [-0.25, -0.2) is 0 Å². The van der Waals surface area contributed by atoms with Gasteiger partial charge in [-0.1, -0.05) is 27.2 Å². The quantitative estimate of drug-likeness (QED) is 0.764. The second-order valence-corrected chi connectivity index (χ2v) is 6.02. The van der Waals surface area contributed by atoms with Gasteiger partial charge < -0.3 is 10.3 Å². The monoisotopic (exact) mass is 299 g/mol. The number of pyridine rings is 2. The molecule has 2 heterocycles. The maximum Gasteiger partial charge on any atom is 0.271 e. The Bertz CT molecular complexity index is 647. The predicted molar refractivity (Wildman–Crippen MR) is 92.2 cm³/mol. The minimum absolute atomic E-state index is 0.0374. The number of unbranched alkanes of at least 4 members (excludes halogenated alkanes) is 1. The molecule has 0 aliphatic rings. The zero-order valence-corrected chi connectivity index (χ0v) is 13.6. The first-order valence-electron chi connectivity index (χ1n) is 8.02. The molecule has 4 heteroatoms. The van der Waals surface area contributed by atoms with Gasteiger partial charge in [0.25, 0.3) is 5.56 Å². The summed E-state index contributed by atoms with van der Waals surface area (Å²) < 4.78 is 0. The van der Waals surface area contributed by atoms with E-state index in [1.54, 1.807) is 12.4 Å². The molecule has 22 heavy (non-hydrogen) atoms. The molecule has 2 aromatic rings. The van der Waals surface area contributed by atoms with Gasteiger partial charge in [-0.2, -0.15) is 0 Å². The molecular weight excluding hydrogens is 274 g/mol. The normalized spacial score (nSPS) is 10.9. The lowest BCUT2D eigenvalue weighted by Gasteiger charge is -2.14. The average Bonchev–Trinajstić information content (AvgIpc) is 2.50. The molecule has 2 rings (SSSR count). The van der Waals surface area contributed by atoms with Crippen LogP contribution in [0, 0.1) is 5.92 Å². The van der Waals surface area contributed by atoms with Gasteiger partial charge >= 0.3 is 0 Å². The maximum atomic E-state index is 12.3. The van der Waals surface area contributed by atoms with E-state index in [1.165, 1.54) is 0 Å². The number of aromatic nitrogens is 2. The molecule has 0 atom stereocenters. The topological polar surface area (TPSA) is 57.8 Å². The largest absolute Gasteiger partial charge is 0.381 e. The van der Waals surface area contributed by atoms with Gasteiger partial charge in [-0.3, -0.25) is 9.78 Å². The van der Waals surface area contributed by atoms with Crippen LogP contribution in [0.2, 0.25) is 0 Å². The number of hydrogen-bond acceptors (Lipinski definition) is 3. The van der Waals surface area contributed by atoms with Gasteiger partial charge in [0.2, 0.25) is 0 Å². The van der Waals surface area contributed by atoms with Crippen molar-refractivity contribution in [1.82, 2.24) is 9.97 Å². The zero-order valence-electron chi connectivity index (χ0n) is 13.6. The number of rotatable bonds is 7. The van der Waals surface area contributed by atoms with Gasteiger partial charge in [-0.15, -0.1) is 0 Å². The Labute approximate surface area is 132 Å². The first-order valence-corrected chi connectivity index (χ1v) is 8.02. The molecule has 0 aliphatic carbocycles. The van der Waals surface area contributed by atoms with E-state index in [4.69, 9.17) is 0 Å². The van der Waals surface area contributed by atoms with E-state index < -0.39 is 0 Å². The molecule has 4 nitrogen and oxygen atoms in total. The minimum atomic E-state index is -0.0374. The summed E-state index contributed by atoms with van der Waals surface area (Å²) in [6, 6.07) is 5.93. The van der Waals surface area contributed by atoms with Crippen LogP contribution in [0.1, 0.15) is 39.3 Å². The molecule has 0 bridgehead atoms. The first kappa shape index (κ1) is 16.3. The van der Waals surface area contributed by atoms with Crippen molar-refractivity contribution in [1.29, 1.82) is 0 Å². The highest BCUT2D eigenvalue weighted by molar-refractivity contribution is 5.69. The lowest BCUT2D eigenvalue weighted by Crippen LogP contribution is -2.18. The molecule has 0 fully saturated rings. The second kappa shape index (κ2) is 7.78. The van der Waals surface area contributed by atoms with Crippen molar-refractivity contribution >= 4 is 5.69 Å². The fourth-order valence-electron chi connectivity index (χ4n) is 2.46. The minimum Gasteiger partial charge on any atom is -0.381 e. The molecule has 0 saturated heterocycles. The summed E-state index contributed by atoms with van der Waals surface area (Å²) in [4.78, 5) is 19.4. The van der Waals surface area contributed by atoms with Gasteiger partial charge in [0, 0.05) is 30.2 Å². The van der Waals surface area contributed by atoms with E-state index in [1.807, 2.05) is 18.2 Å². The third-order valence-electron chi connectivity index (χ3n) is 3.57.